The van der Waals surface area contributed by atoms with Gasteiger partial charge in [-0.05, 0) is 32.0 Å². The molecule has 0 unspecified atom stereocenters. The Bertz CT molecular complexity index is 678. The monoisotopic (exact) mass is 295 g/mol. The molecule has 20 heavy (non-hydrogen) atoms. The Balaban J connectivity index is 1.92. The maximum absolute atomic E-state index is 12.4. The molecule has 1 fully saturated rings. The maximum Gasteiger partial charge on any atom is 0.288 e. The Kier molecular flexibility index (Phi) is 3.49. The molecule has 0 saturated carbocycles. The minimum Gasteiger partial charge on any atom is -0.430 e. The van der Waals surface area contributed by atoms with Crippen molar-refractivity contribution >= 4 is 27.6 Å². The smallest absolute Gasteiger partial charge is 0.288 e. The molecule has 0 bridgehead atoms. The standard InChI is InChI=1S/C12H13N3O4S/c16-15(17)8-1-2-11-10(7-8)14-12(19-11)20(18)9-3-5-13-6-4-9/h1-2,7,9,13H,3-6H2/t20-/m1/s1. The zero-order chi connectivity index (χ0) is 14.1. The SMILES string of the molecule is O=[N+]([O-])c1ccc2oc([S@](=O)C3CCNCC3)nc2c1. The van der Waals surface area contributed by atoms with Crippen molar-refractivity contribution in [1.29, 1.82) is 0 Å². The van der Waals surface area contributed by atoms with E-state index in [0.717, 1.165) is 25.9 Å². The van der Waals surface area contributed by atoms with Crippen molar-refractivity contribution in [3.63, 3.8) is 0 Å². The number of nitrogens with one attached hydrogen (secondary N) is 1. The third-order valence-corrected chi connectivity index (χ3v) is 4.92. The number of piperidine rings is 1. The lowest BCUT2D eigenvalue weighted by atomic mass is 10.2. The molecule has 0 spiro atoms. The molecule has 0 radical (unpaired) electrons. The predicted molar refractivity (Wildman–Crippen MR) is 73.0 cm³/mol. The molecule has 2 heterocycles. The number of non-ortho nitro benzene ring substituents is 1. The van der Waals surface area contributed by atoms with Gasteiger partial charge in [0.25, 0.3) is 10.9 Å². The molecule has 106 valence electrons. The lowest BCUT2D eigenvalue weighted by Gasteiger charge is -2.20. The third kappa shape index (κ3) is 2.44. The first kappa shape index (κ1) is 13.2. The Morgan fingerprint density at radius 1 is 1.40 bits per heavy atom. The van der Waals surface area contributed by atoms with E-state index in [0.29, 0.717) is 11.1 Å². The number of nitrogens with zero attached hydrogens (tertiary/aromatic N) is 2. The summed E-state index contributed by atoms with van der Waals surface area (Å²) in [6.07, 6.45) is 1.62. The van der Waals surface area contributed by atoms with Crippen molar-refractivity contribution in [3.8, 4) is 0 Å². The van der Waals surface area contributed by atoms with Crippen LogP contribution in [-0.2, 0) is 10.8 Å². The molecule has 1 atom stereocenters. The van der Waals surface area contributed by atoms with Crippen molar-refractivity contribution in [3.05, 3.63) is 28.3 Å². The molecule has 8 heteroatoms. The Morgan fingerprint density at radius 2 is 2.15 bits per heavy atom. The largest absolute Gasteiger partial charge is 0.430 e. The van der Waals surface area contributed by atoms with Gasteiger partial charge in [-0.25, -0.2) is 9.19 Å². The number of hydrogen-bond acceptors (Lipinski definition) is 6. The van der Waals surface area contributed by atoms with E-state index in [-0.39, 0.29) is 16.2 Å². The first-order chi connectivity index (χ1) is 9.65. The fraction of sp³-hybridized carbons (Fsp3) is 0.417. The van der Waals surface area contributed by atoms with E-state index in [4.69, 9.17) is 4.42 Å². The summed E-state index contributed by atoms with van der Waals surface area (Å²) in [5.74, 6) is 0. The molecule has 7 nitrogen and oxygen atoms in total. The molecular formula is C12H13N3O4S. The molecule has 2 aromatic rings. The minimum atomic E-state index is -1.31. The fourth-order valence-corrected chi connectivity index (χ4v) is 3.56. The van der Waals surface area contributed by atoms with Crippen molar-refractivity contribution in [2.75, 3.05) is 13.1 Å². The van der Waals surface area contributed by atoms with Crippen LogP contribution in [-0.4, -0.2) is 32.5 Å². The van der Waals surface area contributed by atoms with Crippen molar-refractivity contribution in [1.82, 2.24) is 10.3 Å². The van der Waals surface area contributed by atoms with Crippen molar-refractivity contribution in [2.45, 2.75) is 23.3 Å². The molecule has 1 N–H and O–H groups in total. The lowest BCUT2D eigenvalue weighted by molar-refractivity contribution is -0.384. The quantitative estimate of drug-likeness (QED) is 0.682. The predicted octanol–water partition coefficient (Wildman–Crippen LogP) is 1.60. The molecular weight excluding hydrogens is 282 g/mol. The molecule has 1 aliphatic rings. The normalized spacial score (nSPS) is 18.2. The summed E-state index contributed by atoms with van der Waals surface area (Å²) in [5, 5.41) is 14.1. The number of hydrogen-bond donors (Lipinski definition) is 1. The number of fused-ring (bicyclic) bond motifs is 1. The van der Waals surface area contributed by atoms with E-state index in [2.05, 4.69) is 10.3 Å². The van der Waals surface area contributed by atoms with E-state index in [1.165, 1.54) is 18.2 Å². The first-order valence-electron chi connectivity index (χ1n) is 6.31. The second-order valence-electron chi connectivity index (χ2n) is 4.64. The van der Waals surface area contributed by atoms with Gasteiger partial charge in [-0.3, -0.25) is 10.1 Å². The number of nitro groups is 1. The summed E-state index contributed by atoms with van der Waals surface area (Å²) in [6, 6.07) is 4.18. The van der Waals surface area contributed by atoms with Crippen LogP contribution in [0.4, 0.5) is 5.69 Å². The summed E-state index contributed by atoms with van der Waals surface area (Å²) < 4.78 is 17.8. The molecule has 1 saturated heterocycles. The highest BCUT2D eigenvalue weighted by atomic mass is 32.2. The van der Waals surface area contributed by atoms with Gasteiger partial charge in [0.15, 0.2) is 5.58 Å². The van der Waals surface area contributed by atoms with Crippen LogP contribution in [0.3, 0.4) is 0 Å². The van der Waals surface area contributed by atoms with E-state index < -0.39 is 15.7 Å². The molecule has 0 aliphatic carbocycles. The molecule has 3 rings (SSSR count). The van der Waals surface area contributed by atoms with Crippen LogP contribution >= 0.6 is 0 Å². The number of aromatic nitrogens is 1. The average molecular weight is 295 g/mol. The summed E-state index contributed by atoms with van der Waals surface area (Å²) in [4.78, 5) is 14.4. The average Bonchev–Trinajstić information content (AvgIpc) is 2.90. The van der Waals surface area contributed by atoms with Crippen LogP contribution in [0.1, 0.15) is 12.8 Å². The van der Waals surface area contributed by atoms with Crippen molar-refractivity contribution in [2.24, 2.45) is 0 Å². The van der Waals surface area contributed by atoms with Gasteiger partial charge in [0, 0.05) is 17.4 Å². The number of nitro benzene ring substituents is 1. The zero-order valence-corrected chi connectivity index (χ0v) is 11.4. The fourth-order valence-electron chi connectivity index (χ4n) is 2.25. The van der Waals surface area contributed by atoms with Gasteiger partial charge in [-0.2, -0.15) is 0 Å². The van der Waals surface area contributed by atoms with E-state index in [9.17, 15) is 14.3 Å². The van der Waals surface area contributed by atoms with Crippen LogP contribution in [0, 0.1) is 10.1 Å². The van der Waals surface area contributed by atoms with E-state index >= 15 is 0 Å². The van der Waals surface area contributed by atoms with Gasteiger partial charge < -0.3 is 9.73 Å². The van der Waals surface area contributed by atoms with Gasteiger partial charge in [0.05, 0.1) is 4.92 Å². The lowest BCUT2D eigenvalue weighted by Crippen LogP contribution is -2.33. The second kappa shape index (κ2) is 5.29. The van der Waals surface area contributed by atoms with Crippen LogP contribution < -0.4 is 5.32 Å². The topological polar surface area (TPSA) is 98.3 Å². The number of rotatable bonds is 3. The van der Waals surface area contributed by atoms with E-state index in [1.807, 2.05) is 0 Å². The highest BCUT2D eigenvalue weighted by molar-refractivity contribution is 7.85. The van der Waals surface area contributed by atoms with Gasteiger partial charge >= 0.3 is 0 Å². The van der Waals surface area contributed by atoms with E-state index in [1.54, 1.807) is 0 Å². The Morgan fingerprint density at radius 3 is 2.85 bits per heavy atom. The Labute approximate surface area is 117 Å². The zero-order valence-electron chi connectivity index (χ0n) is 10.6. The van der Waals surface area contributed by atoms with Gasteiger partial charge in [0.1, 0.15) is 16.3 Å². The number of oxazole rings is 1. The number of benzene rings is 1. The summed E-state index contributed by atoms with van der Waals surface area (Å²) in [5.41, 5.74) is 0.745. The van der Waals surface area contributed by atoms with Crippen LogP contribution in [0.2, 0.25) is 0 Å². The Hall–Kier alpha value is -1.80. The summed E-state index contributed by atoms with van der Waals surface area (Å²) in [6.45, 7) is 1.67. The minimum absolute atomic E-state index is 0.0271. The molecule has 0 amide bonds. The molecule has 1 aromatic carbocycles. The van der Waals surface area contributed by atoms with Crippen LogP contribution in [0.15, 0.2) is 27.8 Å². The first-order valence-corrected chi connectivity index (χ1v) is 7.53. The molecule has 1 aliphatic heterocycles. The summed E-state index contributed by atoms with van der Waals surface area (Å²) in [7, 11) is -1.31. The van der Waals surface area contributed by atoms with Gasteiger partial charge in [-0.15, -0.1) is 0 Å². The van der Waals surface area contributed by atoms with Gasteiger partial charge in [-0.1, -0.05) is 0 Å². The maximum atomic E-state index is 12.4. The van der Waals surface area contributed by atoms with Crippen LogP contribution in [0.25, 0.3) is 11.1 Å². The van der Waals surface area contributed by atoms with Crippen LogP contribution in [0.5, 0.6) is 0 Å². The third-order valence-electron chi connectivity index (χ3n) is 3.32. The summed E-state index contributed by atoms with van der Waals surface area (Å²) >= 11 is 0. The molecule has 1 aromatic heterocycles. The van der Waals surface area contributed by atoms with Crippen molar-refractivity contribution < 1.29 is 13.5 Å². The highest BCUT2D eigenvalue weighted by Crippen LogP contribution is 2.25. The highest BCUT2D eigenvalue weighted by Gasteiger charge is 2.25. The second-order valence-corrected chi connectivity index (χ2v) is 6.25. The van der Waals surface area contributed by atoms with Gasteiger partial charge in [0.2, 0.25) is 0 Å².